The minimum absolute atomic E-state index is 0.172. The molecule has 0 bridgehead atoms. The van der Waals surface area contributed by atoms with Crippen LogP contribution in [-0.2, 0) is 14.8 Å². The van der Waals surface area contributed by atoms with E-state index < -0.39 is 10.0 Å². The van der Waals surface area contributed by atoms with Crippen molar-refractivity contribution in [1.82, 2.24) is 9.62 Å². The van der Waals surface area contributed by atoms with Crippen LogP contribution in [-0.4, -0.2) is 51.2 Å². The van der Waals surface area contributed by atoms with E-state index in [-0.39, 0.29) is 18.5 Å². The molecule has 6 nitrogen and oxygen atoms in total. The number of carbonyl (C=O) groups is 1. The number of anilines is 1. The molecule has 1 aliphatic heterocycles. The second kappa shape index (κ2) is 7.98. The summed E-state index contributed by atoms with van der Waals surface area (Å²) in [5, 5.41) is 3.47. The van der Waals surface area contributed by atoms with Gasteiger partial charge in [0.25, 0.3) is 0 Å². The van der Waals surface area contributed by atoms with Crippen LogP contribution in [0.25, 0.3) is 0 Å². The molecule has 1 heterocycles. The summed E-state index contributed by atoms with van der Waals surface area (Å²) in [5.74, 6) is 0.325. The number of piperidine rings is 1. The molecule has 1 aromatic carbocycles. The van der Waals surface area contributed by atoms with Crippen LogP contribution in [0.5, 0.6) is 0 Å². The molecule has 24 heavy (non-hydrogen) atoms. The Morgan fingerprint density at radius 2 is 1.96 bits per heavy atom. The highest BCUT2D eigenvalue weighted by Crippen LogP contribution is 2.20. The standard InChI is InChI=1S/C17H27N3O3S/c1-13(2)14-6-8-15(9-7-14)19-16-5-4-10-20(12-16)17(21)11-18-24(3,22)23/h6-9,13,16,18-19H,4-5,10-12H2,1-3H3. The van der Waals surface area contributed by atoms with E-state index in [0.717, 1.165) is 24.8 Å². The molecule has 1 amide bonds. The average Bonchev–Trinajstić information content (AvgIpc) is 2.52. The first-order valence-electron chi connectivity index (χ1n) is 8.33. The number of hydrogen-bond acceptors (Lipinski definition) is 4. The molecule has 2 N–H and O–H groups in total. The normalized spacial score (nSPS) is 18.7. The fourth-order valence-electron chi connectivity index (χ4n) is 2.83. The maximum Gasteiger partial charge on any atom is 0.237 e. The van der Waals surface area contributed by atoms with Crippen molar-refractivity contribution in [2.75, 3.05) is 31.2 Å². The van der Waals surface area contributed by atoms with E-state index in [9.17, 15) is 13.2 Å². The molecule has 0 saturated carbocycles. The van der Waals surface area contributed by atoms with Crippen molar-refractivity contribution in [3.8, 4) is 0 Å². The smallest absolute Gasteiger partial charge is 0.237 e. The zero-order valence-corrected chi connectivity index (χ0v) is 15.4. The van der Waals surface area contributed by atoms with Crippen molar-refractivity contribution in [3.05, 3.63) is 29.8 Å². The Kier molecular flexibility index (Phi) is 6.23. The van der Waals surface area contributed by atoms with Gasteiger partial charge >= 0.3 is 0 Å². The van der Waals surface area contributed by atoms with Crippen LogP contribution < -0.4 is 10.0 Å². The fourth-order valence-corrected chi connectivity index (χ4v) is 3.21. The van der Waals surface area contributed by atoms with Crippen LogP contribution >= 0.6 is 0 Å². The molecular weight excluding hydrogens is 326 g/mol. The molecule has 0 aromatic heterocycles. The largest absolute Gasteiger partial charge is 0.381 e. The lowest BCUT2D eigenvalue weighted by Crippen LogP contribution is -2.48. The number of carbonyl (C=O) groups excluding carboxylic acids is 1. The van der Waals surface area contributed by atoms with Gasteiger partial charge in [-0.1, -0.05) is 26.0 Å². The molecule has 1 saturated heterocycles. The highest BCUT2D eigenvalue weighted by molar-refractivity contribution is 7.88. The van der Waals surface area contributed by atoms with Crippen molar-refractivity contribution in [2.45, 2.75) is 38.6 Å². The number of amides is 1. The molecule has 1 aliphatic rings. The molecule has 0 aliphatic carbocycles. The summed E-state index contributed by atoms with van der Waals surface area (Å²) >= 11 is 0. The van der Waals surface area contributed by atoms with Crippen LogP contribution in [0.2, 0.25) is 0 Å². The van der Waals surface area contributed by atoms with E-state index in [0.29, 0.717) is 19.0 Å². The number of likely N-dealkylation sites (tertiary alicyclic amines) is 1. The maximum absolute atomic E-state index is 12.1. The number of hydrogen-bond donors (Lipinski definition) is 2. The zero-order chi connectivity index (χ0) is 17.7. The second-order valence-corrected chi connectivity index (χ2v) is 8.53. The quantitative estimate of drug-likeness (QED) is 0.817. The van der Waals surface area contributed by atoms with Crippen LogP contribution in [0.4, 0.5) is 5.69 Å². The third-order valence-electron chi connectivity index (χ3n) is 4.21. The SMILES string of the molecule is CC(C)c1ccc(NC2CCCN(C(=O)CNS(C)(=O)=O)C2)cc1. The monoisotopic (exact) mass is 353 g/mol. The van der Waals surface area contributed by atoms with Gasteiger partial charge in [0.2, 0.25) is 15.9 Å². The van der Waals surface area contributed by atoms with Crippen LogP contribution in [0, 0.1) is 0 Å². The summed E-state index contributed by atoms with van der Waals surface area (Å²) in [6, 6.07) is 8.57. The van der Waals surface area contributed by atoms with Gasteiger partial charge < -0.3 is 10.2 Å². The molecular formula is C17H27N3O3S. The third-order valence-corrected chi connectivity index (χ3v) is 4.88. The van der Waals surface area contributed by atoms with E-state index >= 15 is 0 Å². The number of sulfonamides is 1. The lowest BCUT2D eigenvalue weighted by molar-refractivity contribution is -0.130. The summed E-state index contributed by atoms with van der Waals surface area (Å²) in [6.45, 7) is 5.43. The zero-order valence-electron chi connectivity index (χ0n) is 14.6. The third kappa shape index (κ3) is 5.79. The van der Waals surface area contributed by atoms with Crippen molar-refractivity contribution in [2.24, 2.45) is 0 Å². The summed E-state index contributed by atoms with van der Waals surface area (Å²) in [7, 11) is -3.34. The first kappa shape index (κ1) is 18.7. The van der Waals surface area contributed by atoms with Crippen LogP contribution in [0.1, 0.15) is 38.2 Å². The van der Waals surface area contributed by atoms with Gasteiger partial charge in [-0.15, -0.1) is 0 Å². The Bertz CT molecular complexity index is 656. The van der Waals surface area contributed by atoms with E-state index in [2.05, 4.69) is 48.2 Å². The topological polar surface area (TPSA) is 78.5 Å². The van der Waals surface area contributed by atoms with Gasteiger partial charge in [0.15, 0.2) is 0 Å². The van der Waals surface area contributed by atoms with Crippen molar-refractivity contribution < 1.29 is 13.2 Å². The van der Waals surface area contributed by atoms with Gasteiger partial charge in [0, 0.05) is 24.8 Å². The molecule has 134 valence electrons. The number of nitrogens with one attached hydrogen (secondary N) is 2. The van der Waals surface area contributed by atoms with E-state index in [1.165, 1.54) is 5.56 Å². The molecule has 1 fully saturated rings. The number of benzene rings is 1. The predicted molar refractivity (Wildman–Crippen MR) is 96.6 cm³/mol. The minimum Gasteiger partial charge on any atom is -0.381 e. The highest BCUT2D eigenvalue weighted by atomic mass is 32.2. The van der Waals surface area contributed by atoms with Crippen molar-refractivity contribution >= 4 is 21.6 Å². The van der Waals surface area contributed by atoms with Crippen molar-refractivity contribution in [1.29, 1.82) is 0 Å². The van der Waals surface area contributed by atoms with Gasteiger partial charge in [0.05, 0.1) is 12.8 Å². The van der Waals surface area contributed by atoms with Gasteiger partial charge in [-0.05, 0) is 36.5 Å². The van der Waals surface area contributed by atoms with Gasteiger partial charge in [0.1, 0.15) is 0 Å². The molecule has 1 unspecified atom stereocenters. The Hall–Kier alpha value is -1.60. The summed E-state index contributed by atoms with van der Waals surface area (Å²) in [4.78, 5) is 13.9. The van der Waals surface area contributed by atoms with E-state index in [1.807, 2.05) is 0 Å². The van der Waals surface area contributed by atoms with Crippen LogP contribution in [0.3, 0.4) is 0 Å². The summed E-state index contributed by atoms with van der Waals surface area (Å²) in [6.07, 6.45) is 2.96. The second-order valence-electron chi connectivity index (χ2n) is 6.69. The Morgan fingerprint density at radius 1 is 1.29 bits per heavy atom. The fraction of sp³-hybridized carbons (Fsp3) is 0.588. The molecule has 0 radical (unpaired) electrons. The average molecular weight is 353 g/mol. The molecule has 1 atom stereocenters. The molecule has 0 spiro atoms. The molecule has 7 heteroatoms. The maximum atomic E-state index is 12.1. The van der Waals surface area contributed by atoms with Gasteiger partial charge in [-0.2, -0.15) is 0 Å². The Morgan fingerprint density at radius 3 is 2.54 bits per heavy atom. The molecule has 1 aromatic rings. The van der Waals surface area contributed by atoms with Gasteiger partial charge in [-0.3, -0.25) is 4.79 Å². The summed E-state index contributed by atoms with van der Waals surface area (Å²) < 4.78 is 24.5. The van der Waals surface area contributed by atoms with E-state index in [1.54, 1.807) is 4.90 Å². The Balaban J connectivity index is 1.89. The predicted octanol–water partition coefficient (Wildman–Crippen LogP) is 1.76. The number of nitrogens with zero attached hydrogens (tertiary/aromatic N) is 1. The Labute approximate surface area is 144 Å². The van der Waals surface area contributed by atoms with E-state index in [4.69, 9.17) is 0 Å². The minimum atomic E-state index is -3.34. The van der Waals surface area contributed by atoms with Crippen LogP contribution in [0.15, 0.2) is 24.3 Å². The lowest BCUT2D eigenvalue weighted by atomic mass is 10.0. The highest BCUT2D eigenvalue weighted by Gasteiger charge is 2.23. The number of rotatable bonds is 6. The lowest BCUT2D eigenvalue weighted by Gasteiger charge is -2.33. The first-order valence-corrected chi connectivity index (χ1v) is 10.2. The molecule has 2 rings (SSSR count). The summed E-state index contributed by atoms with van der Waals surface area (Å²) in [5.41, 5.74) is 2.35. The first-order chi connectivity index (χ1) is 11.2. The van der Waals surface area contributed by atoms with Gasteiger partial charge in [-0.25, -0.2) is 13.1 Å². The van der Waals surface area contributed by atoms with Crippen molar-refractivity contribution in [3.63, 3.8) is 0 Å².